The number of rotatable bonds is 2. The van der Waals surface area contributed by atoms with Crippen LogP contribution in [0.1, 0.15) is 31.1 Å². The Morgan fingerprint density at radius 2 is 2.25 bits per heavy atom. The Labute approximate surface area is 72.2 Å². The molecule has 0 aromatic carbocycles. The van der Waals surface area contributed by atoms with Crippen LogP contribution in [0.3, 0.4) is 0 Å². The number of nitrogens with two attached hydrogens (primary N) is 1. The second-order valence-corrected chi connectivity index (χ2v) is 3.23. The second-order valence-electron chi connectivity index (χ2n) is 3.23. The minimum Gasteiger partial charge on any atom is -0.353 e. The zero-order valence-electron chi connectivity index (χ0n) is 7.33. The number of nitrogens with zero attached hydrogens (tertiary/aromatic N) is 1. The molecule has 3 nitrogen and oxygen atoms in total. The third-order valence-corrected chi connectivity index (χ3v) is 1.93. The molecule has 64 valence electrons. The molecule has 3 N–H and O–H groups in total. The standard InChI is InChI=1S/C9H13N3/c1-6(2)9(11)7-3-8(4-10)12-5-7/h3,5-6,9,12H,11H2,1-2H3/t9-/m0/s1. The Bertz CT molecular complexity index is 293. The van der Waals surface area contributed by atoms with Gasteiger partial charge in [-0.05, 0) is 17.5 Å². The van der Waals surface area contributed by atoms with Crippen molar-refractivity contribution in [2.45, 2.75) is 19.9 Å². The van der Waals surface area contributed by atoms with Crippen LogP contribution in [-0.4, -0.2) is 4.98 Å². The summed E-state index contributed by atoms with van der Waals surface area (Å²) in [6.07, 6.45) is 1.79. The third kappa shape index (κ3) is 1.66. The zero-order valence-corrected chi connectivity index (χ0v) is 7.33. The summed E-state index contributed by atoms with van der Waals surface area (Å²) in [6, 6.07) is 3.84. The van der Waals surface area contributed by atoms with Crippen molar-refractivity contribution in [3.8, 4) is 6.07 Å². The number of H-pyrrole nitrogens is 1. The number of hydrogen-bond donors (Lipinski definition) is 2. The fourth-order valence-electron chi connectivity index (χ4n) is 1.05. The summed E-state index contributed by atoms with van der Waals surface area (Å²) in [5.41, 5.74) is 7.45. The van der Waals surface area contributed by atoms with Gasteiger partial charge in [0.15, 0.2) is 0 Å². The Morgan fingerprint density at radius 1 is 1.58 bits per heavy atom. The molecule has 0 saturated carbocycles. The first-order chi connectivity index (χ1) is 5.65. The van der Waals surface area contributed by atoms with Crippen LogP contribution in [0.4, 0.5) is 0 Å². The van der Waals surface area contributed by atoms with E-state index >= 15 is 0 Å². The summed E-state index contributed by atoms with van der Waals surface area (Å²) in [7, 11) is 0. The topological polar surface area (TPSA) is 65.6 Å². The SMILES string of the molecule is CC(C)[C@H](N)c1c[nH]c(C#N)c1. The Morgan fingerprint density at radius 3 is 2.67 bits per heavy atom. The van der Waals surface area contributed by atoms with Crippen LogP contribution in [0.5, 0.6) is 0 Å². The van der Waals surface area contributed by atoms with Gasteiger partial charge in [0.1, 0.15) is 11.8 Å². The zero-order chi connectivity index (χ0) is 9.14. The maximum absolute atomic E-state index is 8.55. The number of nitriles is 1. The molecule has 1 aromatic heterocycles. The predicted octanol–water partition coefficient (Wildman–Crippen LogP) is 1.54. The van der Waals surface area contributed by atoms with Gasteiger partial charge < -0.3 is 10.7 Å². The van der Waals surface area contributed by atoms with Crippen molar-refractivity contribution < 1.29 is 0 Å². The Kier molecular flexibility index (Phi) is 2.51. The summed E-state index contributed by atoms with van der Waals surface area (Å²) in [5.74, 6) is 0.396. The number of hydrogen-bond acceptors (Lipinski definition) is 2. The minimum absolute atomic E-state index is 0.0170. The van der Waals surface area contributed by atoms with Crippen molar-refractivity contribution >= 4 is 0 Å². The summed E-state index contributed by atoms with van der Waals surface area (Å²) >= 11 is 0. The van der Waals surface area contributed by atoms with Gasteiger partial charge in [-0.15, -0.1) is 0 Å². The highest BCUT2D eigenvalue weighted by Crippen LogP contribution is 2.18. The van der Waals surface area contributed by atoms with Crippen molar-refractivity contribution in [3.63, 3.8) is 0 Å². The van der Waals surface area contributed by atoms with Gasteiger partial charge in [0.05, 0.1) is 0 Å². The highest BCUT2D eigenvalue weighted by atomic mass is 14.7. The van der Waals surface area contributed by atoms with E-state index in [1.54, 1.807) is 12.3 Å². The lowest BCUT2D eigenvalue weighted by atomic mass is 9.99. The average Bonchev–Trinajstić information content (AvgIpc) is 2.50. The Balaban J connectivity index is 2.83. The number of aromatic nitrogens is 1. The quantitative estimate of drug-likeness (QED) is 0.694. The van der Waals surface area contributed by atoms with Gasteiger partial charge in [0, 0.05) is 12.2 Å². The maximum Gasteiger partial charge on any atom is 0.117 e. The minimum atomic E-state index is 0.0170. The van der Waals surface area contributed by atoms with Crippen LogP contribution in [0.2, 0.25) is 0 Å². The summed E-state index contributed by atoms with van der Waals surface area (Å²) in [4.78, 5) is 2.85. The van der Waals surface area contributed by atoms with Crippen molar-refractivity contribution in [2.24, 2.45) is 11.7 Å². The van der Waals surface area contributed by atoms with E-state index in [4.69, 9.17) is 11.0 Å². The van der Waals surface area contributed by atoms with Gasteiger partial charge >= 0.3 is 0 Å². The van der Waals surface area contributed by atoms with Crippen molar-refractivity contribution in [1.29, 1.82) is 5.26 Å². The van der Waals surface area contributed by atoms with Crippen LogP contribution in [0.15, 0.2) is 12.3 Å². The van der Waals surface area contributed by atoms with E-state index in [0.29, 0.717) is 11.6 Å². The predicted molar refractivity (Wildman–Crippen MR) is 47.3 cm³/mol. The van der Waals surface area contributed by atoms with E-state index in [1.807, 2.05) is 6.07 Å². The first-order valence-electron chi connectivity index (χ1n) is 3.99. The van der Waals surface area contributed by atoms with Crippen LogP contribution >= 0.6 is 0 Å². The van der Waals surface area contributed by atoms with Crippen LogP contribution in [0, 0.1) is 17.2 Å². The lowest BCUT2D eigenvalue weighted by molar-refractivity contribution is 0.515. The average molecular weight is 163 g/mol. The van der Waals surface area contributed by atoms with E-state index < -0.39 is 0 Å². The number of nitrogens with one attached hydrogen (secondary N) is 1. The highest BCUT2D eigenvalue weighted by molar-refractivity contribution is 5.28. The third-order valence-electron chi connectivity index (χ3n) is 1.93. The van der Waals surface area contributed by atoms with E-state index in [-0.39, 0.29) is 6.04 Å². The fraction of sp³-hybridized carbons (Fsp3) is 0.444. The van der Waals surface area contributed by atoms with Crippen LogP contribution < -0.4 is 5.73 Å². The molecule has 0 aliphatic rings. The summed E-state index contributed by atoms with van der Waals surface area (Å²) in [6.45, 7) is 4.12. The lowest BCUT2D eigenvalue weighted by Crippen LogP contribution is -2.15. The lowest BCUT2D eigenvalue weighted by Gasteiger charge is -2.12. The van der Waals surface area contributed by atoms with E-state index in [2.05, 4.69) is 18.8 Å². The molecule has 3 heteroatoms. The van der Waals surface area contributed by atoms with Gasteiger partial charge in [-0.3, -0.25) is 0 Å². The molecule has 1 atom stereocenters. The highest BCUT2D eigenvalue weighted by Gasteiger charge is 2.11. The molecule has 1 rings (SSSR count). The van der Waals surface area contributed by atoms with E-state index in [1.165, 1.54) is 0 Å². The summed E-state index contributed by atoms with van der Waals surface area (Å²) in [5, 5.41) is 8.55. The molecule has 12 heavy (non-hydrogen) atoms. The van der Waals surface area contributed by atoms with Crippen LogP contribution in [-0.2, 0) is 0 Å². The molecule has 0 amide bonds. The molecule has 0 aliphatic carbocycles. The maximum atomic E-state index is 8.55. The van der Waals surface area contributed by atoms with Crippen molar-refractivity contribution in [3.05, 3.63) is 23.5 Å². The van der Waals surface area contributed by atoms with Crippen LogP contribution in [0.25, 0.3) is 0 Å². The van der Waals surface area contributed by atoms with Gasteiger partial charge in [-0.25, -0.2) is 0 Å². The normalized spacial score (nSPS) is 12.9. The molecule has 0 bridgehead atoms. The molecule has 0 radical (unpaired) electrons. The first kappa shape index (κ1) is 8.82. The molecule has 0 saturated heterocycles. The van der Waals surface area contributed by atoms with Crippen molar-refractivity contribution in [2.75, 3.05) is 0 Å². The molecule has 0 aliphatic heterocycles. The molecule has 1 heterocycles. The molecule has 1 aromatic rings. The monoisotopic (exact) mass is 163 g/mol. The molecular formula is C9H13N3. The van der Waals surface area contributed by atoms with E-state index in [0.717, 1.165) is 5.56 Å². The Hall–Kier alpha value is -1.27. The molecule has 0 unspecified atom stereocenters. The van der Waals surface area contributed by atoms with Gasteiger partial charge in [0.2, 0.25) is 0 Å². The van der Waals surface area contributed by atoms with E-state index in [9.17, 15) is 0 Å². The fourth-order valence-corrected chi connectivity index (χ4v) is 1.05. The largest absolute Gasteiger partial charge is 0.353 e. The molecule has 0 fully saturated rings. The number of aromatic amines is 1. The van der Waals surface area contributed by atoms with Gasteiger partial charge in [-0.2, -0.15) is 5.26 Å². The smallest absolute Gasteiger partial charge is 0.117 e. The van der Waals surface area contributed by atoms with Gasteiger partial charge in [0.25, 0.3) is 0 Å². The molecular weight excluding hydrogens is 150 g/mol. The molecule has 0 spiro atoms. The summed E-state index contributed by atoms with van der Waals surface area (Å²) < 4.78 is 0. The second kappa shape index (κ2) is 3.42. The van der Waals surface area contributed by atoms with Crippen molar-refractivity contribution in [1.82, 2.24) is 4.98 Å². The van der Waals surface area contributed by atoms with Gasteiger partial charge in [-0.1, -0.05) is 13.8 Å². The first-order valence-corrected chi connectivity index (χ1v) is 3.99.